The Labute approximate surface area is 105 Å². The van der Waals surface area contributed by atoms with Gasteiger partial charge in [-0.15, -0.1) is 0 Å². The van der Waals surface area contributed by atoms with Gasteiger partial charge in [0.15, 0.2) is 0 Å². The van der Waals surface area contributed by atoms with E-state index in [0.29, 0.717) is 6.04 Å². The molecule has 0 saturated carbocycles. The van der Waals surface area contributed by atoms with E-state index in [-0.39, 0.29) is 0 Å². The lowest BCUT2D eigenvalue weighted by Gasteiger charge is -2.21. The minimum atomic E-state index is 0.676. The standard InChI is InChI=1S/C15H24N2/c1-4-8-16-14-7-9-17(11-14)15-10-12(2)5-6-13(15)3/h5-6,10,14,16H,4,7-9,11H2,1-3H3. The van der Waals surface area contributed by atoms with Gasteiger partial charge in [-0.2, -0.15) is 0 Å². The Morgan fingerprint density at radius 3 is 2.94 bits per heavy atom. The molecule has 1 heterocycles. The van der Waals surface area contributed by atoms with Crippen LogP contribution in [0.5, 0.6) is 0 Å². The Morgan fingerprint density at radius 1 is 1.35 bits per heavy atom. The molecule has 1 fully saturated rings. The van der Waals surface area contributed by atoms with Crippen LogP contribution in [0.25, 0.3) is 0 Å². The smallest absolute Gasteiger partial charge is 0.0399 e. The average molecular weight is 232 g/mol. The van der Waals surface area contributed by atoms with E-state index in [1.807, 2.05) is 0 Å². The number of aryl methyl sites for hydroxylation is 2. The van der Waals surface area contributed by atoms with Gasteiger partial charge in [-0.3, -0.25) is 0 Å². The van der Waals surface area contributed by atoms with Crippen molar-refractivity contribution in [1.82, 2.24) is 5.32 Å². The molecule has 1 aromatic rings. The number of rotatable bonds is 4. The van der Waals surface area contributed by atoms with Crippen molar-refractivity contribution in [2.24, 2.45) is 0 Å². The number of benzene rings is 1. The second-order valence-electron chi connectivity index (χ2n) is 5.18. The zero-order chi connectivity index (χ0) is 12.3. The van der Waals surface area contributed by atoms with Gasteiger partial charge >= 0.3 is 0 Å². The average Bonchev–Trinajstić information content (AvgIpc) is 2.78. The second-order valence-corrected chi connectivity index (χ2v) is 5.18. The normalized spacial score (nSPS) is 19.9. The fourth-order valence-electron chi connectivity index (χ4n) is 2.55. The van der Waals surface area contributed by atoms with Gasteiger partial charge in [0.1, 0.15) is 0 Å². The second kappa shape index (κ2) is 5.54. The lowest BCUT2D eigenvalue weighted by molar-refractivity contribution is 0.549. The molecule has 1 unspecified atom stereocenters. The molecular weight excluding hydrogens is 208 g/mol. The molecule has 1 saturated heterocycles. The Hall–Kier alpha value is -1.02. The summed E-state index contributed by atoms with van der Waals surface area (Å²) in [5.41, 5.74) is 4.17. The molecule has 2 heteroatoms. The van der Waals surface area contributed by atoms with E-state index < -0.39 is 0 Å². The van der Waals surface area contributed by atoms with Gasteiger partial charge in [0.2, 0.25) is 0 Å². The summed E-state index contributed by atoms with van der Waals surface area (Å²) in [6.07, 6.45) is 2.49. The fraction of sp³-hybridized carbons (Fsp3) is 0.600. The van der Waals surface area contributed by atoms with E-state index in [1.54, 1.807) is 0 Å². The van der Waals surface area contributed by atoms with Crippen molar-refractivity contribution in [3.8, 4) is 0 Å². The first kappa shape index (κ1) is 12.4. The van der Waals surface area contributed by atoms with Gasteiger partial charge in [-0.25, -0.2) is 0 Å². The number of nitrogens with zero attached hydrogens (tertiary/aromatic N) is 1. The third kappa shape index (κ3) is 3.01. The van der Waals surface area contributed by atoms with E-state index in [0.717, 1.165) is 13.1 Å². The minimum Gasteiger partial charge on any atom is -0.370 e. The number of hydrogen-bond acceptors (Lipinski definition) is 2. The monoisotopic (exact) mass is 232 g/mol. The lowest BCUT2D eigenvalue weighted by Crippen LogP contribution is -2.33. The third-order valence-electron chi connectivity index (χ3n) is 3.58. The quantitative estimate of drug-likeness (QED) is 0.858. The molecule has 0 spiro atoms. The van der Waals surface area contributed by atoms with Gasteiger partial charge < -0.3 is 10.2 Å². The molecule has 1 aliphatic heterocycles. The largest absolute Gasteiger partial charge is 0.370 e. The van der Waals surface area contributed by atoms with Gasteiger partial charge in [0.05, 0.1) is 0 Å². The van der Waals surface area contributed by atoms with E-state index in [9.17, 15) is 0 Å². The Bertz CT molecular complexity index is 373. The number of anilines is 1. The van der Waals surface area contributed by atoms with Crippen LogP contribution in [0, 0.1) is 13.8 Å². The Kier molecular flexibility index (Phi) is 4.06. The molecule has 2 nitrogen and oxygen atoms in total. The third-order valence-corrected chi connectivity index (χ3v) is 3.58. The Morgan fingerprint density at radius 2 is 2.18 bits per heavy atom. The van der Waals surface area contributed by atoms with E-state index in [1.165, 1.54) is 36.2 Å². The SMILES string of the molecule is CCCNC1CCN(c2cc(C)ccc2C)C1. The van der Waals surface area contributed by atoms with Gasteiger partial charge in [0, 0.05) is 24.8 Å². The van der Waals surface area contributed by atoms with E-state index >= 15 is 0 Å². The summed E-state index contributed by atoms with van der Waals surface area (Å²) in [4.78, 5) is 2.52. The fourth-order valence-corrected chi connectivity index (χ4v) is 2.55. The van der Waals surface area contributed by atoms with Crippen molar-refractivity contribution < 1.29 is 0 Å². The Balaban J connectivity index is 2.02. The molecule has 0 amide bonds. The van der Waals surface area contributed by atoms with Crippen LogP contribution in [-0.2, 0) is 0 Å². The molecule has 0 aliphatic carbocycles. The van der Waals surface area contributed by atoms with Gasteiger partial charge in [-0.1, -0.05) is 19.1 Å². The molecule has 0 aromatic heterocycles. The molecule has 1 atom stereocenters. The summed E-state index contributed by atoms with van der Waals surface area (Å²) in [7, 11) is 0. The molecule has 17 heavy (non-hydrogen) atoms. The van der Waals surface area contributed by atoms with Crippen LogP contribution in [-0.4, -0.2) is 25.7 Å². The number of nitrogens with one attached hydrogen (secondary N) is 1. The maximum atomic E-state index is 3.62. The predicted octanol–water partition coefficient (Wildman–Crippen LogP) is 2.88. The molecule has 0 bridgehead atoms. The van der Waals surface area contributed by atoms with Crippen LogP contribution in [0.1, 0.15) is 30.9 Å². The lowest BCUT2D eigenvalue weighted by atomic mass is 10.1. The van der Waals surface area contributed by atoms with E-state index in [2.05, 4.69) is 49.2 Å². The first-order chi connectivity index (χ1) is 8.20. The number of hydrogen-bond donors (Lipinski definition) is 1. The summed E-state index contributed by atoms with van der Waals surface area (Å²) in [5, 5.41) is 3.62. The first-order valence-electron chi connectivity index (χ1n) is 6.76. The van der Waals surface area contributed by atoms with Crippen molar-refractivity contribution in [2.75, 3.05) is 24.5 Å². The molecule has 0 radical (unpaired) electrons. The first-order valence-corrected chi connectivity index (χ1v) is 6.76. The summed E-state index contributed by atoms with van der Waals surface area (Å²) in [6, 6.07) is 7.42. The van der Waals surface area contributed by atoms with E-state index in [4.69, 9.17) is 0 Å². The van der Waals surface area contributed by atoms with Crippen LogP contribution in [0.2, 0.25) is 0 Å². The highest BCUT2D eigenvalue weighted by atomic mass is 15.2. The summed E-state index contributed by atoms with van der Waals surface area (Å²) >= 11 is 0. The minimum absolute atomic E-state index is 0.676. The molecule has 1 aromatic carbocycles. The van der Waals surface area contributed by atoms with Gasteiger partial charge in [0.25, 0.3) is 0 Å². The zero-order valence-electron chi connectivity index (χ0n) is 11.3. The maximum absolute atomic E-state index is 3.62. The molecule has 94 valence electrons. The van der Waals surface area contributed by atoms with Crippen molar-refractivity contribution in [3.05, 3.63) is 29.3 Å². The highest BCUT2D eigenvalue weighted by molar-refractivity contribution is 5.55. The topological polar surface area (TPSA) is 15.3 Å². The highest BCUT2D eigenvalue weighted by Crippen LogP contribution is 2.25. The molecular formula is C15H24N2. The van der Waals surface area contributed by atoms with Crippen LogP contribution >= 0.6 is 0 Å². The highest BCUT2D eigenvalue weighted by Gasteiger charge is 2.22. The maximum Gasteiger partial charge on any atom is 0.0399 e. The summed E-state index contributed by atoms with van der Waals surface area (Å²) < 4.78 is 0. The van der Waals surface area contributed by atoms with Crippen LogP contribution in [0.4, 0.5) is 5.69 Å². The van der Waals surface area contributed by atoms with Crippen molar-refractivity contribution in [1.29, 1.82) is 0 Å². The molecule has 2 rings (SSSR count). The molecule has 1 N–H and O–H groups in total. The van der Waals surface area contributed by atoms with Crippen LogP contribution in [0.3, 0.4) is 0 Å². The van der Waals surface area contributed by atoms with Gasteiger partial charge in [-0.05, 0) is 50.4 Å². The van der Waals surface area contributed by atoms with Crippen molar-refractivity contribution in [3.63, 3.8) is 0 Å². The molecule has 1 aliphatic rings. The summed E-state index contributed by atoms with van der Waals surface area (Å²) in [6.45, 7) is 10.1. The summed E-state index contributed by atoms with van der Waals surface area (Å²) in [5.74, 6) is 0. The van der Waals surface area contributed by atoms with Crippen molar-refractivity contribution in [2.45, 2.75) is 39.7 Å². The zero-order valence-corrected chi connectivity index (χ0v) is 11.3. The predicted molar refractivity (Wildman–Crippen MR) is 74.8 cm³/mol. The van der Waals surface area contributed by atoms with Crippen LogP contribution in [0.15, 0.2) is 18.2 Å². The van der Waals surface area contributed by atoms with Crippen LogP contribution < -0.4 is 10.2 Å². The van der Waals surface area contributed by atoms with Crippen molar-refractivity contribution >= 4 is 5.69 Å².